The predicted molar refractivity (Wildman–Crippen MR) is 77.2 cm³/mol. The molecule has 0 saturated carbocycles. The van der Waals surface area contributed by atoms with Gasteiger partial charge in [0.05, 0.1) is 16.6 Å². The Morgan fingerprint density at radius 1 is 1.45 bits per heavy atom. The van der Waals surface area contributed by atoms with E-state index in [2.05, 4.69) is 15.9 Å². The van der Waals surface area contributed by atoms with Crippen LogP contribution in [0.15, 0.2) is 27.6 Å². The Morgan fingerprint density at radius 2 is 2.05 bits per heavy atom. The van der Waals surface area contributed by atoms with Gasteiger partial charge in [0.1, 0.15) is 0 Å². The number of halogens is 1. The summed E-state index contributed by atoms with van der Waals surface area (Å²) in [6, 6.07) is 3.84. The van der Waals surface area contributed by atoms with Crippen molar-refractivity contribution in [3.05, 3.63) is 28.2 Å². The van der Waals surface area contributed by atoms with E-state index < -0.39 is 22.1 Å². The molecule has 0 fully saturated rings. The number of carbonyl (C=O) groups is 1. The predicted octanol–water partition coefficient (Wildman–Crippen LogP) is 1.54. The van der Waals surface area contributed by atoms with Crippen LogP contribution < -0.4 is 0 Å². The van der Waals surface area contributed by atoms with Crippen LogP contribution in [0.3, 0.4) is 0 Å². The van der Waals surface area contributed by atoms with Gasteiger partial charge >= 0.3 is 5.97 Å². The summed E-state index contributed by atoms with van der Waals surface area (Å²) >= 11 is 3.06. The zero-order valence-electron chi connectivity index (χ0n) is 11.1. The number of sulfonamides is 1. The molecule has 8 heteroatoms. The summed E-state index contributed by atoms with van der Waals surface area (Å²) < 4.78 is 25.9. The Hall–Kier alpha value is -0.960. The maximum Gasteiger partial charge on any atom is 0.336 e. The molecule has 20 heavy (non-hydrogen) atoms. The summed E-state index contributed by atoms with van der Waals surface area (Å²) in [5.41, 5.74) is -0.116. The average Bonchev–Trinajstić information content (AvgIpc) is 2.35. The van der Waals surface area contributed by atoms with Gasteiger partial charge in [-0.3, -0.25) is 0 Å². The number of nitrogens with zero attached hydrogens (tertiary/aromatic N) is 1. The molecule has 0 aliphatic rings. The van der Waals surface area contributed by atoms with Gasteiger partial charge in [-0.25, -0.2) is 17.5 Å². The van der Waals surface area contributed by atoms with Gasteiger partial charge in [-0.1, -0.05) is 0 Å². The molecule has 0 heterocycles. The first-order valence-corrected chi connectivity index (χ1v) is 8.07. The molecule has 1 aromatic carbocycles. The van der Waals surface area contributed by atoms with Crippen molar-refractivity contribution in [2.75, 3.05) is 13.6 Å². The normalized spacial score (nSPS) is 13.4. The van der Waals surface area contributed by atoms with Crippen molar-refractivity contribution >= 4 is 31.9 Å². The zero-order chi connectivity index (χ0) is 15.5. The fraction of sp³-hybridized carbons (Fsp3) is 0.417. The molecule has 0 saturated heterocycles. The first kappa shape index (κ1) is 17.1. The molecule has 0 aliphatic heterocycles. The van der Waals surface area contributed by atoms with Crippen LogP contribution in [0, 0.1) is 0 Å². The molecule has 1 atom stereocenters. The smallest absolute Gasteiger partial charge is 0.336 e. The number of hydrogen-bond acceptors (Lipinski definition) is 4. The second kappa shape index (κ2) is 6.66. The van der Waals surface area contributed by atoms with Gasteiger partial charge in [-0.15, -0.1) is 0 Å². The summed E-state index contributed by atoms with van der Waals surface area (Å²) in [6.07, 6.45) is -0.301. The molecule has 0 amide bonds. The molecular formula is C12H16BrNO5S. The largest absolute Gasteiger partial charge is 0.478 e. The topological polar surface area (TPSA) is 94.9 Å². The van der Waals surface area contributed by atoms with Crippen LogP contribution >= 0.6 is 15.9 Å². The van der Waals surface area contributed by atoms with Crippen molar-refractivity contribution in [2.45, 2.75) is 24.3 Å². The summed E-state index contributed by atoms with van der Waals surface area (Å²) in [5, 5.41) is 18.2. The van der Waals surface area contributed by atoms with E-state index >= 15 is 0 Å². The number of aliphatic hydroxyl groups is 1. The lowest BCUT2D eigenvalue weighted by Crippen LogP contribution is -2.29. The van der Waals surface area contributed by atoms with Crippen LogP contribution in [0.25, 0.3) is 0 Å². The zero-order valence-corrected chi connectivity index (χ0v) is 13.5. The Balaban J connectivity index is 3.09. The standard InChI is InChI=1S/C12H16BrNO5S/c1-8(15)5-6-14(2)20(18,19)9-3-4-11(13)10(7-9)12(16)17/h3-4,7-8,15H,5-6H2,1-2H3,(H,16,17). The highest BCUT2D eigenvalue weighted by Crippen LogP contribution is 2.23. The first-order chi connectivity index (χ1) is 9.16. The second-order valence-electron chi connectivity index (χ2n) is 4.41. The lowest BCUT2D eigenvalue weighted by atomic mass is 10.2. The number of carboxylic acid groups (broad SMARTS) is 1. The van der Waals surface area contributed by atoms with Gasteiger partial charge in [0.15, 0.2) is 0 Å². The van der Waals surface area contributed by atoms with Gasteiger partial charge in [0, 0.05) is 18.1 Å². The van der Waals surface area contributed by atoms with Crippen LogP contribution in [0.4, 0.5) is 0 Å². The van der Waals surface area contributed by atoms with Gasteiger partial charge in [0.25, 0.3) is 0 Å². The number of rotatable bonds is 6. The van der Waals surface area contributed by atoms with E-state index in [1.54, 1.807) is 6.92 Å². The van der Waals surface area contributed by atoms with E-state index in [-0.39, 0.29) is 17.0 Å². The fourth-order valence-corrected chi connectivity index (χ4v) is 3.13. The Kier molecular flexibility index (Phi) is 5.69. The number of hydrogen-bond donors (Lipinski definition) is 2. The third-order valence-corrected chi connectivity index (χ3v) is 5.28. The van der Waals surface area contributed by atoms with Crippen molar-refractivity contribution < 1.29 is 23.4 Å². The van der Waals surface area contributed by atoms with Gasteiger partial charge in [-0.05, 0) is 47.5 Å². The molecule has 2 N–H and O–H groups in total. The Bertz CT molecular complexity index is 600. The van der Waals surface area contributed by atoms with E-state index in [0.717, 1.165) is 10.4 Å². The average molecular weight is 366 g/mol. The van der Waals surface area contributed by atoms with Crippen LogP contribution in [0.5, 0.6) is 0 Å². The molecule has 0 bridgehead atoms. The second-order valence-corrected chi connectivity index (χ2v) is 7.31. The van der Waals surface area contributed by atoms with E-state index in [4.69, 9.17) is 5.11 Å². The highest BCUT2D eigenvalue weighted by Gasteiger charge is 2.23. The van der Waals surface area contributed by atoms with Crippen LogP contribution in [-0.4, -0.2) is 48.6 Å². The molecular weight excluding hydrogens is 350 g/mol. The molecule has 0 spiro atoms. The van der Waals surface area contributed by atoms with Gasteiger partial charge in [-0.2, -0.15) is 0 Å². The van der Waals surface area contributed by atoms with Crippen molar-refractivity contribution in [3.63, 3.8) is 0 Å². The molecule has 0 radical (unpaired) electrons. The maximum absolute atomic E-state index is 12.3. The van der Waals surface area contributed by atoms with Crippen molar-refractivity contribution in [1.82, 2.24) is 4.31 Å². The summed E-state index contributed by atoms with van der Waals surface area (Å²) in [7, 11) is -2.38. The molecule has 6 nitrogen and oxygen atoms in total. The molecule has 1 unspecified atom stereocenters. The molecule has 1 rings (SSSR count). The number of carboxylic acids is 1. The van der Waals surface area contributed by atoms with E-state index in [9.17, 15) is 18.3 Å². The quantitative estimate of drug-likeness (QED) is 0.796. The van der Waals surface area contributed by atoms with Crippen molar-refractivity contribution in [3.8, 4) is 0 Å². The van der Waals surface area contributed by atoms with Gasteiger partial charge in [0.2, 0.25) is 10.0 Å². The SMILES string of the molecule is CC(O)CCN(C)S(=O)(=O)c1ccc(Br)c(C(=O)O)c1. The minimum Gasteiger partial charge on any atom is -0.478 e. The van der Waals surface area contributed by atoms with Gasteiger partial charge < -0.3 is 10.2 Å². The van der Waals surface area contributed by atoms with Crippen LogP contribution in [-0.2, 0) is 10.0 Å². The lowest BCUT2D eigenvalue weighted by Gasteiger charge is -2.18. The molecule has 112 valence electrons. The number of aromatic carboxylic acids is 1. The van der Waals surface area contributed by atoms with E-state index in [0.29, 0.717) is 10.9 Å². The highest BCUT2D eigenvalue weighted by atomic mass is 79.9. The van der Waals surface area contributed by atoms with Crippen LogP contribution in [0.1, 0.15) is 23.7 Å². The summed E-state index contributed by atoms with van der Waals surface area (Å²) in [4.78, 5) is 10.9. The van der Waals surface area contributed by atoms with Crippen LogP contribution in [0.2, 0.25) is 0 Å². The summed E-state index contributed by atoms with van der Waals surface area (Å²) in [6.45, 7) is 1.72. The lowest BCUT2D eigenvalue weighted by molar-refractivity contribution is 0.0695. The van der Waals surface area contributed by atoms with E-state index in [1.165, 1.54) is 19.2 Å². The minimum atomic E-state index is -3.77. The number of benzene rings is 1. The van der Waals surface area contributed by atoms with Crippen molar-refractivity contribution in [1.29, 1.82) is 0 Å². The highest BCUT2D eigenvalue weighted by molar-refractivity contribution is 9.10. The first-order valence-electron chi connectivity index (χ1n) is 5.83. The Labute approximate surface area is 126 Å². The fourth-order valence-electron chi connectivity index (χ4n) is 1.50. The summed E-state index contributed by atoms with van der Waals surface area (Å²) in [5.74, 6) is -1.21. The molecule has 0 aromatic heterocycles. The minimum absolute atomic E-state index is 0.0915. The molecule has 1 aromatic rings. The number of aliphatic hydroxyl groups excluding tert-OH is 1. The molecule has 0 aliphatic carbocycles. The third-order valence-electron chi connectivity index (χ3n) is 2.74. The Morgan fingerprint density at radius 3 is 2.55 bits per heavy atom. The monoisotopic (exact) mass is 365 g/mol. The maximum atomic E-state index is 12.3. The van der Waals surface area contributed by atoms with Crippen molar-refractivity contribution in [2.24, 2.45) is 0 Å². The third kappa shape index (κ3) is 4.02. The van der Waals surface area contributed by atoms with E-state index in [1.807, 2.05) is 0 Å².